The Labute approximate surface area is 199 Å². The molecule has 0 atom stereocenters. The zero-order valence-electron chi connectivity index (χ0n) is 17.5. The van der Waals surface area contributed by atoms with Gasteiger partial charge in [0.25, 0.3) is 5.91 Å². The first-order valence-electron chi connectivity index (χ1n) is 10.2. The van der Waals surface area contributed by atoms with Crippen molar-refractivity contribution in [2.45, 2.75) is 6.92 Å². The molecule has 0 aliphatic carbocycles. The summed E-state index contributed by atoms with van der Waals surface area (Å²) in [5, 5.41) is 6.39. The molecule has 1 aliphatic heterocycles. The molecule has 0 radical (unpaired) electrons. The van der Waals surface area contributed by atoms with Gasteiger partial charge < -0.3 is 19.2 Å². The van der Waals surface area contributed by atoms with Crippen LogP contribution in [0.4, 0.5) is 5.69 Å². The number of nitrogens with zero attached hydrogens (tertiary/aromatic N) is 1. The van der Waals surface area contributed by atoms with Gasteiger partial charge in [-0.05, 0) is 73.2 Å². The van der Waals surface area contributed by atoms with E-state index in [4.69, 9.17) is 37.7 Å². The number of ether oxygens (including phenoxy) is 2. The molecular weight excluding hydrogens is 462 g/mol. The number of nitrogens with one attached hydrogen (secondary N) is 2. The van der Waals surface area contributed by atoms with E-state index in [1.165, 1.54) is 0 Å². The van der Waals surface area contributed by atoms with E-state index in [1.807, 2.05) is 25.1 Å². The minimum absolute atomic E-state index is 0.152. The van der Waals surface area contributed by atoms with Crippen molar-refractivity contribution in [1.29, 1.82) is 0 Å². The van der Waals surface area contributed by atoms with Crippen molar-refractivity contribution in [3.63, 3.8) is 0 Å². The molecule has 0 bridgehead atoms. The molecular formula is C24H18ClN3O4S. The molecule has 1 amide bonds. The molecule has 7 nitrogen and oxygen atoms in total. The van der Waals surface area contributed by atoms with Gasteiger partial charge in [0.05, 0.1) is 10.6 Å². The highest BCUT2D eigenvalue weighted by atomic mass is 35.5. The van der Waals surface area contributed by atoms with E-state index in [-0.39, 0.29) is 11.0 Å². The predicted octanol–water partition coefficient (Wildman–Crippen LogP) is 5.35. The largest absolute Gasteiger partial charge is 0.486 e. The van der Waals surface area contributed by atoms with E-state index in [0.717, 1.165) is 11.1 Å². The topological polar surface area (TPSA) is 85.6 Å². The van der Waals surface area contributed by atoms with Crippen LogP contribution in [0.25, 0.3) is 22.6 Å². The molecule has 1 aliphatic rings. The lowest BCUT2D eigenvalue weighted by atomic mass is 10.1. The first-order chi connectivity index (χ1) is 16.0. The Bertz CT molecular complexity index is 1400. The van der Waals surface area contributed by atoms with Gasteiger partial charge >= 0.3 is 0 Å². The van der Waals surface area contributed by atoms with E-state index in [9.17, 15) is 4.79 Å². The van der Waals surface area contributed by atoms with E-state index < -0.39 is 0 Å². The number of halogens is 1. The maximum atomic E-state index is 12.6. The normalized spacial score (nSPS) is 12.4. The van der Waals surface area contributed by atoms with Crippen LogP contribution in [-0.4, -0.2) is 29.2 Å². The molecule has 4 aromatic rings. The van der Waals surface area contributed by atoms with Gasteiger partial charge in [-0.15, -0.1) is 0 Å². The molecule has 0 unspecified atom stereocenters. The van der Waals surface area contributed by atoms with E-state index in [2.05, 4.69) is 15.6 Å². The van der Waals surface area contributed by atoms with Crippen molar-refractivity contribution >= 4 is 51.6 Å². The zero-order chi connectivity index (χ0) is 22.9. The third kappa shape index (κ3) is 4.48. The van der Waals surface area contributed by atoms with Crippen molar-refractivity contribution in [2.75, 3.05) is 18.5 Å². The molecule has 2 N–H and O–H groups in total. The van der Waals surface area contributed by atoms with Crippen molar-refractivity contribution in [3.8, 4) is 23.0 Å². The van der Waals surface area contributed by atoms with Gasteiger partial charge in [0, 0.05) is 11.3 Å². The molecule has 0 saturated heterocycles. The molecule has 166 valence electrons. The number of carbonyl (C=O) groups excluding carboxylic acids is 1. The van der Waals surface area contributed by atoms with Crippen LogP contribution in [-0.2, 0) is 0 Å². The van der Waals surface area contributed by atoms with Gasteiger partial charge in [-0.1, -0.05) is 17.7 Å². The SMILES string of the molecule is Cc1ccc(-c2nc3cc(NC(=S)NC(=O)c4ccc5c(c4)OCCO5)ccc3o2)c(Cl)c1. The third-order valence-electron chi connectivity index (χ3n) is 5.03. The highest BCUT2D eigenvalue weighted by Gasteiger charge is 2.16. The number of anilines is 1. The second-order valence-corrected chi connectivity index (χ2v) is 8.27. The van der Waals surface area contributed by atoms with Crippen molar-refractivity contribution in [3.05, 3.63) is 70.7 Å². The van der Waals surface area contributed by atoms with E-state index in [1.54, 1.807) is 36.4 Å². The minimum Gasteiger partial charge on any atom is -0.486 e. The summed E-state index contributed by atoms with van der Waals surface area (Å²) in [5.74, 6) is 1.23. The maximum absolute atomic E-state index is 12.6. The van der Waals surface area contributed by atoms with Gasteiger partial charge in [-0.2, -0.15) is 0 Å². The summed E-state index contributed by atoms with van der Waals surface area (Å²) in [5.41, 5.74) is 4.08. The van der Waals surface area contributed by atoms with Gasteiger partial charge in [0.1, 0.15) is 18.7 Å². The van der Waals surface area contributed by atoms with Gasteiger partial charge in [0.2, 0.25) is 5.89 Å². The summed E-state index contributed by atoms with van der Waals surface area (Å²) in [7, 11) is 0. The van der Waals surface area contributed by atoms with Crippen LogP contribution in [0.15, 0.2) is 59.0 Å². The standard InChI is InChI=1S/C24H18ClN3O4S/c1-13-2-5-16(17(25)10-13)23-27-18-12-15(4-7-19(18)32-23)26-24(33)28-22(29)14-3-6-20-21(11-14)31-9-8-30-20/h2-7,10-12H,8-9H2,1H3,(H2,26,28,29,33). The number of benzene rings is 3. The smallest absolute Gasteiger partial charge is 0.257 e. The second-order valence-electron chi connectivity index (χ2n) is 7.45. The average molecular weight is 480 g/mol. The Kier molecular flexibility index (Phi) is 5.62. The fourth-order valence-corrected chi connectivity index (χ4v) is 3.96. The van der Waals surface area contributed by atoms with Gasteiger partial charge in [-0.25, -0.2) is 4.98 Å². The van der Waals surface area contributed by atoms with Gasteiger partial charge in [0.15, 0.2) is 22.2 Å². The molecule has 33 heavy (non-hydrogen) atoms. The molecule has 0 spiro atoms. The van der Waals surface area contributed by atoms with Crippen LogP contribution in [0.3, 0.4) is 0 Å². The zero-order valence-corrected chi connectivity index (χ0v) is 19.0. The third-order valence-corrected chi connectivity index (χ3v) is 5.55. The first kappa shape index (κ1) is 21.2. The van der Waals surface area contributed by atoms with E-state index >= 15 is 0 Å². The molecule has 3 aromatic carbocycles. The number of amides is 1. The number of rotatable bonds is 3. The number of aryl methyl sites for hydroxylation is 1. The van der Waals surface area contributed by atoms with Crippen molar-refractivity contribution in [1.82, 2.24) is 10.3 Å². The Hall–Kier alpha value is -3.62. The molecule has 0 fully saturated rings. The number of aromatic nitrogens is 1. The lowest BCUT2D eigenvalue weighted by Gasteiger charge is -2.18. The van der Waals surface area contributed by atoms with Crippen LogP contribution in [0.5, 0.6) is 11.5 Å². The van der Waals surface area contributed by atoms with Crippen LogP contribution in [0.2, 0.25) is 5.02 Å². The molecule has 0 saturated carbocycles. The maximum Gasteiger partial charge on any atom is 0.257 e. The number of hydrogen-bond donors (Lipinski definition) is 2. The molecule has 1 aromatic heterocycles. The summed E-state index contributed by atoms with van der Waals surface area (Å²) >= 11 is 11.7. The van der Waals surface area contributed by atoms with Crippen LogP contribution < -0.4 is 20.1 Å². The summed E-state index contributed by atoms with van der Waals surface area (Å²) in [6.45, 7) is 2.90. The monoisotopic (exact) mass is 479 g/mol. The number of fused-ring (bicyclic) bond motifs is 2. The molecule has 5 rings (SSSR count). The summed E-state index contributed by atoms with van der Waals surface area (Å²) < 4.78 is 16.9. The first-order valence-corrected chi connectivity index (χ1v) is 10.9. The summed E-state index contributed by atoms with van der Waals surface area (Å²) in [6, 6.07) is 16.0. The van der Waals surface area contributed by atoms with Crippen molar-refractivity contribution < 1.29 is 18.7 Å². The van der Waals surface area contributed by atoms with Crippen LogP contribution in [0.1, 0.15) is 15.9 Å². The number of hydrogen-bond acceptors (Lipinski definition) is 6. The number of carbonyl (C=O) groups is 1. The number of oxazole rings is 1. The van der Waals surface area contributed by atoms with Crippen LogP contribution >= 0.6 is 23.8 Å². The molecule has 2 heterocycles. The Morgan fingerprint density at radius 2 is 1.85 bits per heavy atom. The average Bonchev–Trinajstić information content (AvgIpc) is 3.21. The Morgan fingerprint density at radius 1 is 1.03 bits per heavy atom. The van der Waals surface area contributed by atoms with E-state index in [0.29, 0.717) is 58.0 Å². The predicted molar refractivity (Wildman–Crippen MR) is 130 cm³/mol. The quantitative estimate of drug-likeness (QED) is 0.383. The Morgan fingerprint density at radius 3 is 2.67 bits per heavy atom. The highest BCUT2D eigenvalue weighted by Crippen LogP contribution is 2.32. The lowest BCUT2D eigenvalue weighted by Crippen LogP contribution is -2.34. The lowest BCUT2D eigenvalue weighted by molar-refractivity contribution is 0.0976. The highest BCUT2D eigenvalue weighted by molar-refractivity contribution is 7.80. The number of thiocarbonyl (C=S) groups is 1. The van der Waals surface area contributed by atoms with Gasteiger partial charge in [-0.3, -0.25) is 10.1 Å². The summed E-state index contributed by atoms with van der Waals surface area (Å²) in [4.78, 5) is 17.1. The minimum atomic E-state index is -0.358. The summed E-state index contributed by atoms with van der Waals surface area (Å²) in [6.07, 6.45) is 0. The molecule has 9 heteroatoms. The van der Waals surface area contributed by atoms with Crippen LogP contribution in [0, 0.1) is 6.92 Å². The fourth-order valence-electron chi connectivity index (χ4n) is 3.44. The Balaban J connectivity index is 1.29. The van der Waals surface area contributed by atoms with Crippen molar-refractivity contribution in [2.24, 2.45) is 0 Å². The fraction of sp³-hybridized carbons (Fsp3) is 0.125. The second kappa shape index (κ2) is 8.73.